The topological polar surface area (TPSA) is 103 Å². The summed E-state index contributed by atoms with van der Waals surface area (Å²) >= 11 is 0. The molecule has 0 saturated heterocycles. The van der Waals surface area contributed by atoms with Gasteiger partial charge in [0.1, 0.15) is 34.1 Å². The molecule has 10 nitrogen and oxygen atoms in total. The summed E-state index contributed by atoms with van der Waals surface area (Å²) < 4.78 is 21.8. The van der Waals surface area contributed by atoms with Crippen LogP contribution < -0.4 is 28.7 Å². The molecule has 0 aliphatic rings. The zero-order valence-electron chi connectivity index (χ0n) is 26.4. The number of methoxy groups -OCH3 is 4. The Morgan fingerprint density at radius 3 is 1.14 bits per heavy atom. The fourth-order valence-electron chi connectivity index (χ4n) is 4.94. The minimum Gasteiger partial charge on any atom is -0.496 e. The molecule has 0 atom stereocenters. The van der Waals surface area contributed by atoms with Crippen molar-refractivity contribution >= 4 is 22.9 Å². The molecule has 0 unspecified atom stereocenters. The van der Waals surface area contributed by atoms with Crippen LogP contribution in [0.25, 0.3) is 22.5 Å². The van der Waals surface area contributed by atoms with Gasteiger partial charge in [0.2, 0.25) is 0 Å². The molecule has 0 N–H and O–H groups in total. The Balaban J connectivity index is 1.43. The van der Waals surface area contributed by atoms with Gasteiger partial charge in [-0.15, -0.1) is 0 Å². The van der Waals surface area contributed by atoms with Crippen LogP contribution in [-0.4, -0.2) is 77.2 Å². The van der Waals surface area contributed by atoms with Gasteiger partial charge < -0.3 is 28.7 Å². The van der Waals surface area contributed by atoms with Crippen molar-refractivity contribution in [3.8, 4) is 45.5 Å². The average Bonchev–Trinajstić information content (AvgIpc) is 3.05. The molecule has 0 aliphatic heterocycles. The third kappa shape index (κ3) is 6.75. The van der Waals surface area contributed by atoms with Crippen molar-refractivity contribution in [2.24, 2.45) is 0 Å². The monoisotopic (exact) mass is 598 g/mol. The first kappa shape index (κ1) is 31.8. The maximum Gasteiger partial charge on any atom is 0.167 e. The van der Waals surface area contributed by atoms with Crippen LogP contribution in [0.1, 0.15) is 34.6 Å². The maximum absolute atomic E-state index is 12.1. The first-order chi connectivity index (χ1) is 21.1. The summed E-state index contributed by atoms with van der Waals surface area (Å²) in [4.78, 5) is 37.8. The lowest BCUT2D eigenvalue weighted by Gasteiger charge is -2.25. The van der Waals surface area contributed by atoms with E-state index in [1.165, 1.54) is 42.3 Å². The van der Waals surface area contributed by atoms with Gasteiger partial charge in [0.15, 0.2) is 11.6 Å². The second-order valence-electron chi connectivity index (χ2n) is 10.3. The molecule has 2 heterocycles. The molecule has 2 aromatic heterocycles. The van der Waals surface area contributed by atoms with Crippen molar-refractivity contribution in [1.29, 1.82) is 0 Å². The third-order valence-electron chi connectivity index (χ3n) is 7.46. The number of carbonyl (C=O) groups excluding carboxylic acids is 2. The first-order valence-corrected chi connectivity index (χ1v) is 14.0. The number of aromatic nitrogens is 2. The number of carbonyl (C=O) groups is 2. The average molecular weight is 599 g/mol. The summed E-state index contributed by atoms with van der Waals surface area (Å²) in [5.41, 5.74) is 5.81. The second kappa shape index (κ2) is 13.9. The van der Waals surface area contributed by atoms with E-state index in [1.54, 1.807) is 24.3 Å². The van der Waals surface area contributed by atoms with E-state index in [0.717, 1.165) is 47.0 Å². The molecule has 4 aromatic rings. The molecule has 0 fully saturated rings. The Bertz CT molecular complexity index is 1460. The Morgan fingerprint density at radius 2 is 0.909 bits per heavy atom. The lowest BCUT2D eigenvalue weighted by Crippen LogP contribution is -2.30. The standard InChI is InChI=1S/C34H38N4O6/c1-21(39)33-29(41-5)15-23(16-30(33)42-6)27-11-9-25(19-35-27)37(3)13-14-38(4)26-10-12-28(36-20-26)24-17-31(43-7)34(22(2)40)32(18-24)44-8/h9-12,15-20H,13-14H2,1-8H3. The van der Waals surface area contributed by atoms with E-state index >= 15 is 0 Å². The Labute approximate surface area is 258 Å². The molecular formula is C34H38N4O6. The summed E-state index contributed by atoms with van der Waals surface area (Å²) in [5, 5.41) is 0. The number of rotatable bonds is 13. The van der Waals surface area contributed by atoms with Crippen LogP contribution in [0.5, 0.6) is 23.0 Å². The summed E-state index contributed by atoms with van der Waals surface area (Å²) in [6, 6.07) is 15.1. The van der Waals surface area contributed by atoms with Gasteiger partial charge in [-0.1, -0.05) is 0 Å². The predicted octanol–water partition coefficient (Wildman–Crippen LogP) is 5.82. The number of ketones is 2. The lowest BCUT2D eigenvalue weighted by atomic mass is 10.0. The number of Topliss-reactive ketones (excluding diaryl/α,β-unsaturated/α-hetero) is 2. The van der Waals surface area contributed by atoms with E-state index in [4.69, 9.17) is 18.9 Å². The van der Waals surface area contributed by atoms with Crippen LogP contribution in [0.4, 0.5) is 11.4 Å². The summed E-state index contributed by atoms with van der Waals surface area (Å²) in [6.45, 7) is 4.46. The zero-order chi connectivity index (χ0) is 32.0. The molecule has 230 valence electrons. The highest BCUT2D eigenvalue weighted by Crippen LogP contribution is 2.36. The van der Waals surface area contributed by atoms with Crippen LogP contribution in [0.3, 0.4) is 0 Å². The van der Waals surface area contributed by atoms with Crippen molar-refractivity contribution in [3.05, 3.63) is 72.1 Å². The Kier molecular flexibility index (Phi) is 10.0. The summed E-state index contributed by atoms with van der Waals surface area (Å²) in [5.74, 6) is 1.54. The Morgan fingerprint density at radius 1 is 0.591 bits per heavy atom. The van der Waals surface area contributed by atoms with Crippen molar-refractivity contribution in [1.82, 2.24) is 9.97 Å². The molecule has 0 bridgehead atoms. The molecule has 0 saturated carbocycles. The lowest BCUT2D eigenvalue weighted by molar-refractivity contribution is 0.0998. The second-order valence-corrected chi connectivity index (χ2v) is 10.3. The molecule has 44 heavy (non-hydrogen) atoms. The van der Waals surface area contributed by atoms with Gasteiger partial charge in [0.05, 0.1) is 63.6 Å². The summed E-state index contributed by atoms with van der Waals surface area (Å²) in [6.07, 6.45) is 3.65. The molecule has 0 aliphatic carbocycles. The fourth-order valence-corrected chi connectivity index (χ4v) is 4.94. The van der Waals surface area contributed by atoms with E-state index in [2.05, 4.69) is 19.8 Å². The number of benzene rings is 2. The van der Waals surface area contributed by atoms with Gasteiger partial charge in [0.25, 0.3) is 0 Å². The smallest absolute Gasteiger partial charge is 0.167 e. The SMILES string of the molecule is COc1cc(-c2ccc(N(C)CCN(C)c3ccc(-c4cc(OC)c(C(C)=O)c(OC)c4)nc3)cn2)cc(OC)c1C(C)=O. The highest BCUT2D eigenvalue weighted by atomic mass is 16.5. The quantitative estimate of drug-likeness (QED) is 0.175. The van der Waals surface area contributed by atoms with Crippen LogP contribution in [-0.2, 0) is 0 Å². The van der Waals surface area contributed by atoms with Crippen molar-refractivity contribution in [2.75, 3.05) is 65.4 Å². The van der Waals surface area contributed by atoms with Gasteiger partial charge in [-0.3, -0.25) is 19.6 Å². The molecular weight excluding hydrogens is 560 g/mol. The van der Waals surface area contributed by atoms with E-state index in [9.17, 15) is 9.59 Å². The number of hydrogen-bond donors (Lipinski definition) is 0. The summed E-state index contributed by atoms with van der Waals surface area (Å²) in [7, 11) is 10.2. The van der Waals surface area contributed by atoms with Crippen LogP contribution in [0, 0.1) is 0 Å². The van der Waals surface area contributed by atoms with E-state index in [0.29, 0.717) is 34.1 Å². The number of anilines is 2. The van der Waals surface area contributed by atoms with Gasteiger partial charge in [0, 0.05) is 38.3 Å². The van der Waals surface area contributed by atoms with Gasteiger partial charge in [-0.25, -0.2) is 0 Å². The van der Waals surface area contributed by atoms with Crippen LogP contribution in [0.15, 0.2) is 60.9 Å². The zero-order valence-corrected chi connectivity index (χ0v) is 26.4. The number of likely N-dealkylation sites (N-methyl/N-ethyl adjacent to an activating group) is 2. The maximum atomic E-state index is 12.1. The van der Waals surface area contributed by atoms with E-state index in [1.807, 2.05) is 50.8 Å². The molecule has 0 amide bonds. The van der Waals surface area contributed by atoms with Crippen LogP contribution in [0.2, 0.25) is 0 Å². The highest BCUT2D eigenvalue weighted by Gasteiger charge is 2.19. The number of nitrogens with zero attached hydrogens (tertiary/aromatic N) is 4. The molecule has 10 heteroatoms. The van der Waals surface area contributed by atoms with Gasteiger partial charge in [-0.05, 0) is 62.4 Å². The third-order valence-corrected chi connectivity index (χ3v) is 7.46. The molecule has 2 aromatic carbocycles. The van der Waals surface area contributed by atoms with Crippen molar-refractivity contribution in [2.45, 2.75) is 13.8 Å². The molecule has 0 radical (unpaired) electrons. The van der Waals surface area contributed by atoms with Gasteiger partial charge >= 0.3 is 0 Å². The minimum atomic E-state index is -0.131. The predicted molar refractivity (Wildman–Crippen MR) is 172 cm³/mol. The van der Waals surface area contributed by atoms with E-state index < -0.39 is 0 Å². The first-order valence-electron chi connectivity index (χ1n) is 14.0. The fraction of sp³-hybridized carbons (Fsp3) is 0.294. The molecule has 0 spiro atoms. The largest absolute Gasteiger partial charge is 0.496 e. The van der Waals surface area contributed by atoms with Crippen molar-refractivity contribution < 1.29 is 28.5 Å². The number of ether oxygens (including phenoxy) is 4. The minimum absolute atomic E-state index is 0.131. The normalized spacial score (nSPS) is 10.6. The highest BCUT2D eigenvalue weighted by molar-refractivity contribution is 6.01. The number of hydrogen-bond acceptors (Lipinski definition) is 10. The van der Waals surface area contributed by atoms with Crippen LogP contribution >= 0.6 is 0 Å². The van der Waals surface area contributed by atoms with Gasteiger partial charge in [-0.2, -0.15) is 0 Å². The number of pyridine rings is 2. The van der Waals surface area contributed by atoms with E-state index in [-0.39, 0.29) is 11.6 Å². The van der Waals surface area contributed by atoms with Crippen molar-refractivity contribution in [3.63, 3.8) is 0 Å². The Hall–Kier alpha value is -5.12. The molecule has 4 rings (SSSR count).